The fraction of sp³-hybridized carbons (Fsp3) is 0.512. The first-order valence-corrected chi connectivity index (χ1v) is 20.5. The third-order valence-electron chi connectivity index (χ3n) is 8.84. The molecule has 3 aromatic carbocycles. The van der Waals surface area contributed by atoms with Crippen molar-refractivity contribution < 1.29 is 57.1 Å². The molecule has 0 aliphatic rings. The minimum absolute atomic E-state index is 0.113. The largest absolute Gasteiger partial charge is 0.491 e. The summed E-state index contributed by atoms with van der Waals surface area (Å²) < 4.78 is 38.2. The molecule has 0 aliphatic carbocycles. The van der Waals surface area contributed by atoms with Crippen LogP contribution >= 0.6 is 0 Å². The minimum atomic E-state index is -1.08. The van der Waals surface area contributed by atoms with Crippen molar-refractivity contribution in [2.24, 2.45) is 10.8 Å². The summed E-state index contributed by atoms with van der Waals surface area (Å²) in [5.74, 6) is -1.10. The lowest BCUT2D eigenvalue weighted by atomic mass is 9.95. The molecule has 0 fully saturated rings. The second-order valence-electron chi connectivity index (χ2n) is 14.8. The number of primary amides is 1. The molecule has 3 rings (SSSR count). The Kier molecular flexibility index (Phi) is 23.1. The molecule has 2 atom stereocenters. The van der Waals surface area contributed by atoms with Gasteiger partial charge in [-0.1, -0.05) is 59.7 Å². The van der Waals surface area contributed by atoms with E-state index in [0.29, 0.717) is 83.7 Å². The van der Waals surface area contributed by atoms with E-state index < -0.39 is 54.1 Å². The number of esters is 1. The van der Waals surface area contributed by atoms with E-state index in [1.54, 1.807) is 20.8 Å². The smallest absolute Gasteiger partial charge is 0.408 e. The molecule has 0 aliphatic heterocycles. The number of benzene rings is 3. The maximum atomic E-state index is 13.2. The van der Waals surface area contributed by atoms with Crippen LogP contribution in [0.25, 0.3) is 32.3 Å². The van der Waals surface area contributed by atoms with Crippen LogP contribution < -0.4 is 31.7 Å². The zero-order chi connectivity index (χ0) is 45.9. The van der Waals surface area contributed by atoms with Crippen molar-refractivity contribution in [2.75, 3.05) is 86.2 Å². The van der Waals surface area contributed by atoms with Gasteiger partial charge in [-0.15, -0.1) is 0 Å². The number of fused-ring (bicyclic) bond motifs is 1. The van der Waals surface area contributed by atoms with E-state index in [4.69, 9.17) is 44.4 Å². The number of hydrogen-bond donors (Lipinski definition) is 5. The SMILES string of the molecule is COC(=O)C[C@H](NC(=O)CNC(=O)[C@H](CCCNC(N)=O)NC(=O)OC(C)(C)C)c1ccc(-c2ccc(OCCOCCOCCOCCOCCN=[N+]=[N-])c3ccccc23)cc1. The highest BCUT2D eigenvalue weighted by Crippen LogP contribution is 2.35. The average Bonchev–Trinajstić information content (AvgIpc) is 3.25. The third-order valence-corrected chi connectivity index (χ3v) is 8.84. The van der Waals surface area contributed by atoms with Gasteiger partial charge in [0.25, 0.3) is 0 Å². The molecule has 0 radical (unpaired) electrons. The van der Waals surface area contributed by atoms with Crippen LogP contribution in [0.3, 0.4) is 0 Å². The number of urea groups is 1. The summed E-state index contributed by atoms with van der Waals surface area (Å²) in [5.41, 5.74) is 15.0. The van der Waals surface area contributed by atoms with E-state index in [1.165, 1.54) is 7.11 Å². The van der Waals surface area contributed by atoms with E-state index >= 15 is 0 Å². The van der Waals surface area contributed by atoms with Gasteiger partial charge in [0.1, 0.15) is 24.0 Å². The van der Waals surface area contributed by atoms with Gasteiger partial charge in [-0.25, -0.2) is 9.59 Å². The number of nitrogens with one attached hydrogen (secondary N) is 4. The predicted octanol–water partition coefficient (Wildman–Crippen LogP) is 4.44. The highest BCUT2D eigenvalue weighted by molar-refractivity contribution is 6.00. The van der Waals surface area contributed by atoms with E-state index in [0.717, 1.165) is 21.9 Å². The first kappa shape index (κ1) is 51.2. The number of ether oxygens (including phenoxy) is 7. The molecule has 0 heterocycles. The summed E-state index contributed by atoms with van der Waals surface area (Å²) in [7, 11) is 1.25. The molecule has 20 nitrogen and oxygen atoms in total. The Morgan fingerprint density at radius 3 is 2.00 bits per heavy atom. The van der Waals surface area contributed by atoms with Crippen molar-refractivity contribution in [3.63, 3.8) is 0 Å². The zero-order valence-electron chi connectivity index (χ0n) is 36.4. The quantitative estimate of drug-likeness (QED) is 0.0213. The lowest BCUT2D eigenvalue weighted by Gasteiger charge is -2.23. The summed E-state index contributed by atoms with van der Waals surface area (Å²) in [6, 6.07) is 16.5. The second kappa shape index (κ2) is 28.4. The maximum Gasteiger partial charge on any atom is 0.408 e. The van der Waals surface area contributed by atoms with Gasteiger partial charge in [0.2, 0.25) is 11.8 Å². The second-order valence-corrected chi connectivity index (χ2v) is 14.8. The maximum absolute atomic E-state index is 13.2. The fourth-order valence-electron chi connectivity index (χ4n) is 5.94. The third kappa shape index (κ3) is 20.5. The first-order chi connectivity index (χ1) is 30.3. The summed E-state index contributed by atoms with van der Waals surface area (Å²) in [6.07, 6.45) is -0.592. The fourth-order valence-corrected chi connectivity index (χ4v) is 5.94. The standard InChI is InChI=1S/C43H60N8O12/c1-43(2,3)63-42(56)50-35(10-7-17-46-41(44)55)40(54)47-29-38(52)49-36(28-39(53)57-4)31-13-11-30(12-14-31)32-15-16-37(34-9-6-5-8-33(32)34)62-27-26-61-25-24-60-23-22-59-21-20-58-19-18-48-51-45/h5-6,8-9,11-16,35-36H,7,10,17-29H2,1-4H3,(H,47,54)(H,49,52)(H,50,56)(H3,44,46,55)/t35-,36-/m0/s1. The van der Waals surface area contributed by atoms with Gasteiger partial charge >= 0.3 is 18.1 Å². The van der Waals surface area contributed by atoms with Gasteiger partial charge in [0.15, 0.2) is 0 Å². The van der Waals surface area contributed by atoms with E-state index in [-0.39, 0.29) is 19.4 Å². The van der Waals surface area contributed by atoms with Crippen LogP contribution in [0.15, 0.2) is 65.8 Å². The number of methoxy groups -OCH3 is 1. The normalized spacial score (nSPS) is 12.0. The Bertz CT molecular complexity index is 1950. The van der Waals surface area contributed by atoms with Crippen molar-refractivity contribution in [3.8, 4) is 16.9 Å². The number of hydrogen-bond acceptors (Lipinski definition) is 13. The van der Waals surface area contributed by atoms with Crippen molar-refractivity contribution in [1.82, 2.24) is 21.3 Å². The Labute approximate surface area is 366 Å². The monoisotopic (exact) mass is 880 g/mol. The lowest BCUT2D eigenvalue weighted by molar-refractivity contribution is -0.141. The molecular weight excluding hydrogens is 821 g/mol. The summed E-state index contributed by atoms with van der Waals surface area (Å²) in [4.78, 5) is 64.9. The lowest BCUT2D eigenvalue weighted by Crippen LogP contribution is -2.50. The number of alkyl carbamates (subject to hydrolysis) is 1. The number of amides is 5. The molecule has 0 unspecified atom stereocenters. The van der Waals surface area contributed by atoms with Crippen LogP contribution in [0.5, 0.6) is 5.75 Å². The Balaban J connectivity index is 1.55. The summed E-state index contributed by atoms with van der Waals surface area (Å²) >= 11 is 0. The molecule has 0 saturated carbocycles. The van der Waals surface area contributed by atoms with Crippen LogP contribution in [0.2, 0.25) is 0 Å². The molecular formula is C43H60N8O12. The zero-order valence-corrected chi connectivity index (χ0v) is 36.4. The Morgan fingerprint density at radius 1 is 0.778 bits per heavy atom. The van der Waals surface area contributed by atoms with Crippen molar-refractivity contribution in [2.45, 2.75) is 57.7 Å². The van der Waals surface area contributed by atoms with Crippen LogP contribution in [0, 0.1) is 0 Å². The average molecular weight is 881 g/mol. The molecule has 0 bridgehead atoms. The Morgan fingerprint density at radius 2 is 1.40 bits per heavy atom. The highest BCUT2D eigenvalue weighted by Gasteiger charge is 2.26. The minimum Gasteiger partial charge on any atom is -0.491 e. The molecule has 63 heavy (non-hydrogen) atoms. The Hall–Kier alpha value is -6.18. The van der Waals surface area contributed by atoms with Crippen molar-refractivity contribution >= 4 is 40.7 Å². The molecule has 0 spiro atoms. The van der Waals surface area contributed by atoms with Gasteiger partial charge in [-0.3, -0.25) is 14.4 Å². The number of carbonyl (C=O) groups excluding carboxylic acids is 5. The van der Waals surface area contributed by atoms with Gasteiger partial charge in [0.05, 0.1) is 79.0 Å². The number of carbonyl (C=O) groups is 5. The van der Waals surface area contributed by atoms with Gasteiger partial charge in [-0.05, 0) is 67.3 Å². The number of nitrogens with two attached hydrogens (primary N) is 1. The molecule has 5 amide bonds. The van der Waals surface area contributed by atoms with Gasteiger partial charge in [0, 0.05) is 23.4 Å². The van der Waals surface area contributed by atoms with Crippen LogP contribution in [0.4, 0.5) is 9.59 Å². The summed E-state index contributed by atoms with van der Waals surface area (Å²) in [6.45, 7) is 8.58. The molecule has 3 aromatic rings. The molecule has 344 valence electrons. The highest BCUT2D eigenvalue weighted by atomic mass is 16.6. The van der Waals surface area contributed by atoms with Crippen molar-refractivity contribution in [3.05, 3.63) is 76.7 Å². The predicted molar refractivity (Wildman–Crippen MR) is 233 cm³/mol. The van der Waals surface area contributed by atoms with Crippen LogP contribution in [-0.2, 0) is 42.8 Å². The van der Waals surface area contributed by atoms with Gasteiger partial charge < -0.3 is 60.2 Å². The van der Waals surface area contributed by atoms with E-state index in [2.05, 4.69) is 31.3 Å². The summed E-state index contributed by atoms with van der Waals surface area (Å²) in [5, 5.41) is 15.5. The number of rotatable bonds is 29. The molecule has 0 saturated heterocycles. The topological polar surface area (TPSA) is 273 Å². The number of azide groups is 1. The van der Waals surface area contributed by atoms with E-state index in [1.807, 2.05) is 60.7 Å². The van der Waals surface area contributed by atoms with E-state index in [9.17, 15) is 24.0 Å². The van der Waals surface area contributed by atoms with Crippen LogP contribution in [0.1, 0.15) is 51.6 Å². The molecule has 6 N–H and O–H groups in total. The molecule has 0 aromatic heterocycles. The van der Waals surface area contributed by atoms with Crippen LogP contribution in [-0.4, -0.2) is 128 Å². The first-order valence-electron chi connectivity index (χ1n) is 20.5. The number of nitrogens with zero attached hydrogens (tertiary/aromatic N) is 3. The van der Waals surface area contributed by atoms with Crippen molar-refractivity contribution in [1.29, 1.82) is 0 Å². The van der Waals surface area contributed by atoms with Gasteiger partial charge in [-0.2, -0.15) is 0 Å². The molecule has 20 heteroatoms.